The van der Waals surface area contributed by atoms with Gasteiger partial charge in [0.05, 0.1) is 0 Å². The van der Waals surface area contributed by atoms with Crippen molar-refractivity contribution in [3.63, 3.8) is 0 Å². The molecule has 0 saturated carbocycles. The third-order valence-electron chi connectivity index (χ3n) is 4.16. The number of benzene rings is 2. The Morgan fingerprint density at radius 3 is 2.27 bits per heavy atom. The average molecular weight is 349 g/mol. The number of rotatable bonds is 6. The minimum atomic E-state index is -0.263. The standard InChI is InChI=1S/C21H23N3O2/c1-14(2)20-19(22-13-26-20)21(25)24-18-11-9-17(10-12-18)23-15(3)16-7-5-4-6-8-16/h4-15,23H,1-3H3,(H,24,25)/t15-/m1/s1. The van der Waals surface area contributed by atoms with Crippen molar-refractivity contribution in [2.45, 2.75) is 32.7 Å². The Labute approximate surface area is 153 Å². The van der Waals surface area contributed by atoms with Gasteiger partial charge in [0.1, 0.15) is 5.76 Å². The summed E-state index contributed by atoms with van der Waals surface area (Å²) in [4.78, 5) is 16.4. The summed E-state index contributed by atoms with van der Waals surface area (Å²) in [6, 6.07) is 18.1. The molecule has 2 N–H and O–H groups in total. The van der Waals surface area contributed by atoms with E-state index in [1.807, 2.05) is 56.3 Å². The minimum absolute atomic E-state index is 0.101. The van der Waals surface area contributed by atoms with Crippen LogP contribution in [0, 0.1) is 0 Å². The summed E-state index contributed by atoms with van der Waals surface area (Å²) in [6.07, 6.45) is 1.31. The fraction of sp³-hybridized carbons (Fsp3) is 0.238. The number of nitrogens with zero attached hydrogens (tertiary/aromatic N) is 1. The zero-order valence-electron chi connectivity index (χ0n) is 15.2. The van der Waals surface area contributed by atoms with Gasteiger partial charge in [0, 0.05) is 23.3 Å². The summed E-state index contributed by atoms with van der Waals surface area (Å²) in [5.41, 5.74) is 3.26. The molecule has 26 heavy (non-hydrogen) atoms. The van der Waals surface area contributed by atoms with E-state index in [0.717, 1.165) is 5.69 Å². The molecule has 0 aliphatic carbocycles. The van der Waals surface area contributed by atoms with E-state index < -0.39 is 0 Å². The molecule has 0 unspecified atom stereocenters. The van der Waals surface area contributed by atoms with Crippen LogP contribution in [0.25, 0.3) is 0 Å². The van der Waals surface area contributed by atoms with Crippen molar-refractivity contribution in [1.29, 1.82) is 0 Å². The number of hydrogen-bond donors (Lipinski definition) is 2. The molecule has 1 aromatic heterocycles. The van der Waals surface area contributed by atoms with Gasteiger partial charge >= 0.3 is 0 Å². The average Bonchev–Trinajstić information content (AvgIpc) is 3.14. The number of carbonyl (C=O) groups excluding carboxylic acids is 1. The molecular weight excluding hydrogens is 326 g/mol. The largest absolute Gasteiger partial charge is 0.447 e. The van der Waals surface area contributed by atoms with E-state index in [0.29, 0.717) is 17.1 Å². The Balaban J connectivity index is 1.64. The highest BCUT2D eigenvalue weighted by Gasteiger charge is 2.19. The lowest BCUT2D eigenvalue weighted by Crippen LogP contribution is -2.14. The van der Waals surface area contributed by atoms with Crippen molar-refractivity contribution in [3.8, 4) is 0 Å². The van der Waals surface area contributed by atoms with Gasteiger partial charge in [0.25, 0.3) is 5.91 Å². The fourth-order valence-electron chi connectivity index (χ4n) is 2.75. The van der Waals surface area contributed by atoms with Gasteiger partial charge in [-0.25, -0.2) is 4.98 Å². The molecule has 0 spiro atoms. The van der Waals surface area contributed by atoms with Crippen molar-refractivity contribution in [3.05, 3.63) is 78.0 Å². The van der Waals surface area contributed by atoms with Gasteiger partial charge in [-0.15, -0.1) is 0 Å². The summed E-state index contributed by atoms with van der Waals surface area (Å²) in [7, 11) is 0. The van der Waals surface area contributed by atoms with E-state index in [2.05, 4.69) is 34.7 Å². The van der Waals surface area contributed by atoms with Gasteiger partial charge in [0.2, 0.25) is 0 Å². The van der Waals surface area contributed by atoms with Crippen LogP contribution in [0.3, 0.4) is 0 Å². The third kappa shape index (κ3) is 4.11. The Morgan fingerprint density at radius 1 is 0.962 bits per heavy atom. The van der Waals surface area contributed by atoms with Gasteiger partial charge in [-0.3, -0.25) is 4.79 Å². The predicted octanol–water partition coefficient (Wildman–Crippen LogP) is 5.22. The SMILES string of the molecule is CC(C)c1ocnc1C(=O)Nc1ccc(N[C@H](C)c2ccccc2)cc1. The van der Waals surface area contributed by atoms with Crippen molar-refractivity contribution < 1.29 is 9.21 Å². The van der Waals surface area contributed by atoms with Crippen LogP contribution in [-0.4, -0.2) is 10.9 Å². The lowest BCUT2D eigenvalue weighted by atomic mass is 10.1. The smallest absolute Gasteiger partial charge is 0.277 e. The highest BCUT2D eigenvalue weighted by atomic mass is 16.3. The lowest BCUT2D eigenvalue weighted by Gasteiger charge is -2.16. The fourth-order valence-corrected chi connectivity index (χ4v) is 2.75. The number of anilines is 2. The van der Waals surface area contributed by atoms with Crippen LogP contribution < -0.4 is 10.6 Å². The molecular formula is C21H23N3O2. The zero-order chi connectivity index (χ0) is 18.5. The molecule has 3 aromatic rings. The number of nitrogens with one attached hydrogen (secondary N) is 2. The molecule has 0 saturated heterocycles. The minimum Gasteiger partial charge on any atom is -0.447 e. The summed E-state index contributed by atoms with van der Waals surface area (Å²) < 4.78 is 5.31. The van der Waals surface area contributed by atoms with Gasteiger partial charge in [-0.1, -0.05) is 44.2 Å². The quantitative estimate of drug-likeness (QED) is 0.640. The molecule has 134 valence electrons. The first-order chi connectivity index (χ1) is 12.5. The van der Waals surface area contributed by atoms with Gasteiger partial charge in [-0.2, -0.15) is 0 Å². The van der Waals surface area contributed by atoms with Crippen LogP contribution in [0.5, 0.6) is 0 Å². The van der Waals surface area contributed by atoms with Crippen molar-refractivity contribution in [2.75, 3.05) is 10.6 Å². The molecule has 5 heteroatoms. The van der Waals surface area contributed by atoms with E-state index in [9.17, 15) is 4.79 Å². The first-order valence-electron chi connectivity index (χ1n) is 8.71. The highest BCUT2D eigenvalue weighted by molar-refractivity contribution is 6.03. The van der Waals surface area contributed by atoms with Crippen LogP contribution >= 0.6 is 0 Å². The van der Waals surface area contributed by atoms with E-state index in [1.54, 1.807) is 0 Å². The Hall–Kier alpha value is -3.08. The van der Waals surface area contributed by atoms with Crippen LogP contribution in [0.2, 0.25) is 0 Å². The number of carbonyl (C=O) groups is 1. The Bertz CT molecular complexity index is 854. The second kappa shape index (κ2) is 7.87. The van der Waals surface area contributed by atoms with Crippen molar-refractivity contribution in [2.24, 2.45) is 0 Å². The van der Waals surface area contributed by atoms with Gasteiger partial charge < -0.3 is 15.1 Å². The summed E-state index contributed by atoms with van der Waals surface area (Å²) in [5.74, 6) is 0.433. The molecule has 5 nitrogen and oxygen atoms in total. The summed E-state index contributed by atoms with van der Waals surface area (Å²) in [5, 5.41) is 6.31. The van der Waals surface area contributed by atoms with E-state index >= 15 is 0 Å². The maximum atomic E-state index is 12.4. The summed E-state index contributed by atoms with van der Waals surface area (Å²) in [6.45, 7) is 6.04. The second-order valence-corrected chi connectivity index (χ2v) is 6.53. The van der Waals surface area contributed by atoms with E-state index in [1.165, 1.54) is 12.0 Å². The molecule has 1 heterocycles. The third-order valence-corrected chi connectivity index (χ3v) is 4.16. The second-order valence-electron chi connectivity index (χ2n) is 6.53. The molecule has 2 aromatic carbocycles. The number of amides is 1. The first kappa shape index (κ1) is 17.7. The van der Waals surface area contributed by atoms with Gasteiger partial charge in [0.15, 0.2) is 12.1 Å². The van der Waals surface area contributed by atoms with Crippen LogP contribution in [-0.2, 0) is 0 Å². The first-order valence-corrected chi connectivity index (χ1v) is 8.71. The lowest BCUT2D eigenvalue weighted by molar-refractivity contribution is 0.102. The number of hydrogen-bond acceptors (Lipinski definition) is 4. The van der Waals surface area contributed by atoms with E-state index in [4.69, 9.17) is 4.42 Å². The zero-order valence-corrected chi connectivity index (χ0v) is 15.2. The number of oxazole rings is 1. The van der Waals surface area contributed by atoms with Crippen LogP contribution in [0.15, 0.2) is 65.4 Å². The molecule has 1 amide bonds. The maximum Gasteiger partial charge on any atom is 0.277 e. The van der Waals surface area contributed by atoms with Gasteiger partial charge in [-0.05, 0) is 36.8 Å². The molecule has 0 fully saturated rings. The maximum absolute atomic E-state index is 12.4. The van der Waals surface area contributed by atoms with Crippen LogP contribution in [0.1, 0.15) is 54.5 Å². The van der Waals surface area contributed by atoms with E-state index in [-0.39, 0.29) is 17.9 Å². The molecule has 0 aliphatic heterocycles. The summed E-state index contributed by atoms with van der Waals surface area (Å²) >= 11 is 0. The normalized spacial score (nSPS) is 12.0. The number of aromatic nitrogens is 1. The van der Waals surface area contributed by atoms with Crippen LogP contribution in [0.4, 0.5) is 11.4 Å². The Morgan fingerprint density at radius 2 is 1.62 bits per heavy atom. The van der Waals surface area contributed by atoms with Crippen molar-refractivity contribution in [1.82, 2.24) is 4.98 Å². The molecule has 0 bridgehead atoms. The molecule has 0 aliphatic rings. The monoisotopic (exact) mass is 349 g/mol. The molecule has 1 atom stereocenters. The molecule has 3 rings (SSSR count). The topological polar surface area (TPSA) is 67.2 Å². The Kier molecular flexibility index (Phi) is 5.37. The highest BCUT2D eigenvalue weighted by Crippen LogP contribution is 2.22. The van der Waals surface area contributed by atoms with Crippen molar-refractivity contribution >= 4 is 17.3 Å². The molecule has 0 radical (unpaired) electrons. The predicted molar refractivity (Wildman–Crippen MR) is 103 cm³/mol.